The van der Waals surface area contributed by atoms with Crippen molar-refractivity contribution in [2.75, 3.05) is 7.11 Å². The highest BCUT2D eigenvalue weighted by atomic mass is 35.5. The first-order valence-corrected chi connectivity index (χ1v) is 13.5. The molecule has 0 spiro atoms. The van der Waals surface area contributed by atoms with Gasteiger partial charge in [-0.15, -0.1) is 0 Å². The van der Waals surface area contributed by atoms with E-state index >= 15 is 0 Å². The molecule has 3 aromatic carbocycles. The van der Waals surface area contributed by atoms with Crippen LogP contribution in [0.1, 0.15) is 64.1 Å². The number of nitrogens with zero attached hydrogens (tertiary/aromatic N) is 2. The molecule has 1 atom stereocenters. The van der Waals surface area contributed by atoms with Gasteiger partial charge in [-0.3, -0.25) is 0 Å². The van der Waals surface area contributed by atoms with Gasteiger partial charge in [0.25, 0.3) is 0 Å². The van der Waals surface area contributed by atoms with Crippen molar-refractivity contribution in [2.45, 2.75) is 37.9 Å². The van der Waals surface area contributed by atoms with Gasteiger partial charge in [-0.05, 0) is 54.8 Å². The van der Waals surface area contributed by atoms with Crippen molar-refractivity contribution < 1.29 is 28.7 Å². The predicted molar refractivity (Wildman–Crippen MR) is 149 cm³/mol. The number of benzene rings is 3. The molecule has 1 N–H and O–H groups in total. The van der Waals surface area contributed by atoms with Crippen molar-refractivity contribution in [3.05, 3.63) is 98.7 Å². The number of aromatic nitrogens is 1. The van der Waals surface area contributed by atoms with Crippen molar-refractivity contribution in [3.8, 4) is 22.8 Å². The molecule has 0 radical (unpaired) electrons. The lowest BCUT2D eigenvalue weighted by Crippen LogP contribution is -2.05. The smallest absolute Gasteiger partial charge is 0.337 e. The van der Waals surface area contributed by atoms with Crippen LogP contribution in [0.25, 0.3) is 11.3 Å². The molecule has 6 rings (SSSR count). The third-order valence-corrected chi connectivity index (χ3v) is 7.65. The van der Waals surface area contributed by atoms with Crippen LogP contribution in [-0.2, 0) is 16.2 Å². The highest BCUT2D eigenvalue weighted by molar-refractivity contribution is 6.33. The molecule has 0 bridgehead atoms. The minimum atomic E-state index is -0.394. The number of hydrogen-bond donors (Lipinski definition) is 1. The van der Waals surface area contributed by atoms with Gasteiger partial charge in [-0.25, -0.2) is 4.79 Å². The summed E-state index contributed by atoms with van der Waals surface area (Å²) in [4.78, 5) is 17.4. The van der Waals surface area contributed by atoms with Gasteiger partial charge < -0.3 is 23.9 Å². The van der Waals surface area contributed by atoms with Gasteiger partial charge in [0.15, 0.2) is 6.10 Å². The topological polar surface area (TPSA) is 103 Å². The molecule has 1 aliphatic heterocycles. The van der Waals surface area contributed by atoms with Crippen LogP contribution in [0.15, 0.2) is 70.3 Å². The zero-order valence-corrected chi connectivity index (χ0v) is 22.9. The highest BCUT2D eigenvalue weighted by Gasteiger charge is 2.34. The highest BCUT2D eigenvalue weighted by Crippen LogP contribution is 2.46. The van der Waals surface area contributed by atoms with Crippen LogP contribution >= 0.6 is 23.2 Å². The third kappa shape index (κ3) is 5.12. The summed E-state index contributed by atoms with van der Waals surface area (Å²) in [6.07, 6.45) is 2.19. The Morgan fingerprint density at radius 2 is 1.88 bits per heavy atom. The lowest BCUT2D eigenvalue weighted by Gasteiger charge is -2.13. The zero-order valence-electron chi connectivity index (χ0n) is 21.4. The van der Waals surface area contributed by atoms with Crippen molar-refractivity contribution >= 4 is 34.9 Å². The fraction of sp³-hybridized carbons (Fsp3) is 0.233. The Balaban J connectivity index is 1.16. The van der Waals surface area contributed by atoms with E-state index in [0.29, 0.717) is 39.0 Å². The molecule has 0 amide bonds. The summed E-state index contributed by atoms with van der Waals surface area (Å²) < 4.78 is 16.5. The standard InChI is InChI=1S/C30H24Cl2N2O6/c1-37-30(36)18-9-5-16(6-10-18)24-14-26(39-33-24)20-12-11-19(13-23(20)32)38-15-21-28(34-40-29(21)17-7-8-17)27-22(31)3-2-4-25(27)35/h2-6,9-13,17,26,35H,7-8,14-15H2,1H3. The number of ether oxygens (including phenoxy) is 2. The third-order valence-electron chi connectivity index (χ3n) is 7.01. The van der Waals surface area contributed by atoms with E-state index in [1.807, 2.05) is 24.3 Å². The summed E-state index contributed by atoms with van der Waals surface area (Å²) in [5, 5.41) is 19.8. The number of phenolic OH excluding ortho intramolecular Hbond substituents is 1. The lowest BCUT2D eigenvalue weighted by molar-refractivity contribution is 0.0600. The number of carbonyl (C=O) groups is 1. The fourth-order valence-corrected chi connectivity index (χ4v) is 5.27. The molecule has 1 aliphatic carbocycles. The van der Waals surface area contributed by atoms with Crippen LogP contribution in [0, 0.1) is 0 Å². The van der Waals surface area contributed by atoms with E-state index in [0.717, 1.165) is 41.0 Å². The second-order valence-electron chi connectivity index (χ2n) is 9.66. The quantitative estimate of drug-likeness (QED) is 0.216. The molecule has 0 saturated heterocycles. The fourth-order valence-electron chi connectivity index (χ4n) is 4.72. The van der Waals surface area contributed by atoms with Crippen molar-refractivity contribution in [2.24, 2.45) is 5.16 Å². The van der Waals surface area contributed by atoms with Crippen LogP contribution in [0.3, 0.4) is 0 Å². The Morgan fingerprint density at radius 3 is 2.58 bits per heavy atom. The van der Waals surface area contributed by atoms with Crippen molar-refractivity contribution in [1.29, 1.82) is 0 Å². The first-order valence-electron chi connectivity index (χ1n) is 12.7. The van der Waals surface area contributed by atoms with Crippen LogP contribution in [-0.4, -0.2) is 29.1 Å². The minimum Gasteiger partial charge on any atom is -0.507 e. The summed E-state index contributed by atoms with van der Waals surface area (Å²) in [6.45, 7) is 0.166. The van der Waals surface area contributed by atoms with E-state index in [-0.39, 0.29) is 24.4 Å². The molecule has 10 heteroatoms. The molecular weight excluding hydrogens is 555 g/mol. The molecule has 1 fully saturated rings. The van der Waals surface area contributed by atoms with Crippen molar-refractivity contribution in [1.82, 2.24) is 5.16 Å². The Kier molecular flexibility index (Phi) is 7.12. The first kappa shape index (κ1) is 26.2. The van der Waals surface area contributed by atoms with Gasteiger partial charge in [0.05, 0.1) is 39.6 Å². The molecule has 1 saturated carbocycles. The second-order valence-corrected chi connectivity index (χ2v) is 10.5. The molecular formula is C30H24Cl2N2O6. The van der Waals surface area contributed by atoms with Crippen LogP contribution < -0.4 is 4.74 Å². The Bertz CT molecular complexity index is 1590. The summed E-state index contributed by atoms with van der Waals surface area (Å²) >= 11 is 13.0. The van der Waals surface area contributed by atoms with Gasteiger partial charge >= 0.3 is 5.97 Å². The number of esters is 1. The second kappa shape index (κ2) is 10.9. The number of methoxy groups -OCH3 is 1. The summed E-state index contributed by atoms with van der Waals surface area (Å²) in [6, 6.07) is 17.4. The monoisotopic (exact) mass is 578 g/mol. The number of phenols is 1. The average molecular weight is 579 g/mol. The normalized spacial score (nSPS) is 16.4. The molecule has 4 aromatic rings. The van der Waals surface area contributed by atoms with E-state index in [4.69, 9.17) is 42.0 Å². The zero-order chi connectivity index (χ0) is 27.8. The molecule has 40 heavy (non-hydrogen) atoms. The maximum absolute atomic E-state index is 11.7. The SMILES string of the molecule is COC(=O)c1ccc(C2=NOC(c3ccc(OCc4c(-c5c(O)cccc5Cl)noc4C4CC4)cc3Cl)C2)cc1. The van der Waals surface area contributed by atoms with E-state index in [1.54, 1.807) is 36.4 Å². The number of rotatable bonds is 8. The molecule has 8 nitrogen and oxygen atoms in total. The predicted octanol–water partition coefficient (Wildman–Crippen LogP) is 7.46. The van der Waals surface area contributed by atoms with Gasteiger partial charge in [0.1, 0.15) is 29.6 Å². The number of carbonyl (C=O) groups excluding carboxylic acids is 1. The molecule has 1 aromatic heterocycles. The van der Waals surface area contributed by atoms with Gasteiger partial charge in [0.2, 0.25) is 0 Å². The molecule has 2 heterocycles. The number of aromatic hydroxyl groups is 1. The van der Waals surface area contributed by atoms with Crippen LogP contribution in [0.4, 0.5) is 0 Å². The first-order chi connectivity index (χ1) is 19.4. The van der Waals surface area contributed by atoms with Crippen LogP contribution in [0.2, 0.25) is 10.0 Å². The van der Waals surface area contributed by atoms with E-state index < -0.39 is 5.97 Å². The van der Waals surface area contributed by atoms with E-state index in [2.05, 4.69) is 10.3 Å². The number of halogens is 2. The minimum absolute atomic E-state index is 0.0226. The van der Waals surface area contributed by atoms with Gasteiger partial charge in [-0.1, -0.05) is 57.8 Å². The lowest BCUT2D eigenvalue weighted by atomic mass is 9.99. The summed E-state index contributed by atoms with van der Waals surface area (Å²) in [5.74, 6) is 1.22. The van der Waals surface area contributed by atoms with Crippen LogP contribution in [0.5, 0.6) is 11.5 Å². The summed E-state index contributed by atoms with van der Waals surface area (Å²) in [7, 11) is 1.35. The van der Waals surface area contributed by atoms with E-state index in [9.17, 15) is 9.90 Å². The largest absolute Gasteiger partial charge is 0.507 e. The maximum atomic E-state index is 11.7. The maximum Gasteiger partial charge on any atom is 0.337 e. The Hall–Kier alpha value is -4.01. The average Bonchev–Trinajstić information content (AvgIpc) is 3.54. The van der Waals surface area contributed by atoms with E-state index in [1.165, 1.54) is 7.11 Å². The Morgan fingerprint density at radius 1 is 1.07 bits per heavy atom. The van der Waals surface area contributed by atoms with Gasteiger partial charge in [0, 0.05) is 17.9 Å². The van der Waals surface area contributed by atoms with Crippen molar-refractivity contribution in [3.63, 3.8) is 0 Å². The molecule has 204 valence electrons. The summed E-state index contributed by atoms with van der Waals surface area (Å²) in [5.41, 5.74) is 4.50. The molecule has 1 unspecified atom stereocenters. The Labute approximate surface area is 240 Å². The number of oxime groups is 1. The number of hydrogen-bond acceptors (Lipinski definition) is 8. The molecule has 2 aliphatic rings. The van der Waals surface area contributed by atoms with Gasteiger partial charge in [-0.2, -0.15) is 0 Å².